The van der Waals surface area contributed by atoms with Gasteiger partial charge in [-0.15, -0.1) is 0 Å². The Morgan fingerprint density at radius 2 is 2.06 bits per heavy atom. The lowest BCUT2D eigenvalue weighted by Gasteiger charge is -2.36. The van der Waals surface area contributed by atoms with Crippen LogP contribution in [0.5, 0.6) is 0 Å². The number of fused-ring (bicyclic) bond motifs is 2. The van der Waals surface area contributed by atoms with Crippen molar-refractivity contribution in [3.05, 3.63) is 12.2 Å². The second-order valence-electron chi connectivity index (χ2n) is 4.98. The summed E-state index contributed by atoms with van der Waals surface area (Å²) in [7, 11) is 1.93. The van der Waals surface area contributed by atoms with E-state index in [0.29, 0.717) is 12.1 Å². The number of aliphatic hydroxyl groups is 1. The Morgan fingerprint density at radius 1 is 1.38 bits per heavy atom. The first-order valence-corrected chi connectivity index (χ1v) is 6.00. The molecule has 1 aromatic heterocycles. The third kappa shape index (κ3) is 1.64. The first-order chi connectivity index (χ1) is 7.74. The number of aliphatic hydroxyl groups excluding tert-OH is 1. The zero-order valence-corrected chi connectivity index (χ0v) is 9.58. The van der Waals surface area contributed by atoms with Crippen molar-refractivity contribution in [2.45, 2.75) is 50.4 Å². The Labute approximate surface area is 95.1 Å². The summed E-state index contributed by atoms with van der Waals surface area (Å²) in [6, 6.07) is 1.09. The van der Waals surface area contributed by atoms with Crippen LogP contribution in [0.2, 0.25) is 0 Å². The van der Waals surface area contributed by atoms with Gasteiger partial charge in [0.2, 0.25) is 0 Å². The van der Waals surface area contributed by atoms with E-state index in [2.05, 4.69) is 15.0 Å². The fourth-order valence-electron chi connectivity index (χ4n) is 3.13. The molecule has 3 rings (SSSR count). The normalized spacial score (nSPS) is 34.5. The molecule has 2 saturated heterocycles. The third-order valence-electron chi connectivity index (χ3n) is 3.99. The standard InChI is InChI=1S/C11H18N4O/c1-14-11(12-7-13-14)6-15-8-2-3-9(15)5-10(16)4-8/h7-10,16H,2-6H2,1H3. The molecule has 2 bridgehead atoms. The molecule has 0 saturated carbocycles. The summed E-state index contributed by atoms with van der Waals surface area (Å²) in [4.78, 5) is 6.77. The maximum absolute atomic E-state index is 9.73. The van der Waals surface area contributed by atoms with Crippen LogP contribution in [0, 0.1) is 0 Å². The molecule has 16 heavy (non-hydrogen) atoms. The second kappa shape index (κ2) is 3.82. The molecule has 2 aliphatic rings. The smallest absolute Gasteiger partial charge is 0.140 e. The van der Waals surface area contributed by atoms with Crippen molar-refractivity contribution in [1.29, 1.82) is 0 Å². The first-order valence-electron chi connectivity index (χ1n) is 6.00. The molecule has 0 aromatic carbocycles. The number of hydrogen-bond acceptors (Lipinski definition) is 4. The van der Waals surface area contributed by atoms with Crippen molar-refractivity contribution in [1.82, 2.24) is 19.7 Å². The molecule has 2 atom stereocenters. The van der Waals surface area contributed by atoms with Gasteiger partial charge in [-0.2, -0.15) is 5.10 Å². The van der Waals surface area contributed by atoms with E-state index in [0.717, 1.165) is 25.2 Å². The number of rotatable bonds is 2. The van der Waals surface area contributed by atoms with Crippen molar-refractivity contribution >= 4 is 0 Å². The van der Waals surface area contributed by atoms with Crippen molar-refractivity contribution in [2.75, 3.05) is 0 Å². The number of nitrogens with zero attached hydrogens (tertiary/aromatic N) is 4. The van der Waals surface area contributed by atoms with Crippen molar-refractivity contribution in [2.24, 2.45) is 7.05 Å². The minimum absolute atomic E-state index is 0.0896. The first kappa shape index (κ1) is 10.2. The monoisotopic (exact) mass is 222 g/mol. The van der Waals surface area contributed by atoms with E-state index in [1.54, 1.807) is 6.33 Å². The van der Waals surface area contributed by atoms with E-state index in [9.17, 15) is 5.11 Å². The van der Waals surface area contributed by atoms with Gasteiger partial charge in [0.05, 0.1) is 12.6 Å². The summed E-state index contributed by atoms with van der Waals surface area (Å²) in [5.74, 6) is 1.02. The SMILES string of the molecule is Cn1ncnc1CN1C2CCC1CC(O)C2. The lowest BCUT2D eigenvalue weighted by atomic mass is 10.00. The van der Waals surface area contributed by atoms with Crippen LogP contribution in [-0.2, 0) is 13.6 Å². The molecule has 1 aromatic rings. The highest BCUT2D eigenvalue weighted by molar-refractivity contribution is 4.97. The Morgan fingerprint density at radius 3 is 2.62 bits per heavy atom. The minimum Gasteiger partial charge on any atom is -0.393 e. The van der Waals surface area contributed by atoms with Gasteiger partial charge in [-0.25, -0.2) is 4.98 Å². The molecule has 88 valence electrons. The van der Waals surface area contributed by atoms with Crippen LogP contribution in [0.1, 0.15) is 31.5 Å². The van der Waals surface area contributed by atoms with Gasteiger partial charge in [0.15, 0.2) is 0 Å². The average Bonchev–Trinajstić information content (AvgIpc) is 2.73. The fraction of sp³-hybridized carbons (Fsp3) is 0.818. The van der Waals surface area contributed by atoms with Crippen LogP contribution < -0.4 is 0 Å². The van der Waals surface area contributed by atoms with Gasteiger partial charge in [-0.3, -0.25) is 9.58 Å². The average molecular weight is 222 g/mol. The van der Waals surface area contributed by atoms with Gasteiger partial charge in [0.25, 0.3) is 0 Å². The zero-order chi connectivity index (χ0) is 11.1. The quantitative estimate of drug-likeness (QED) is 0.782. The lowest BCUT2D eigenvalue weighted by Crippen LogP contribution is -2.44. The van der Waals surface area contributed by atoms with E-state index in [-0.39, 0.29) is 6.10 Å². The van der Waals surface area contributed by atoms with Gasteiger partial charge in [0, 0.05) is 19.1 Å². The van der Waals surface area contributed by atoms with Crippen LogP contribution in [0.4, 0.5) is 0 Å². The van der Waals surface area contributed by atoms with Crippen molar-refractivity contribution in [3.8, 4) is 0 Å². The maximum atomic E-state index is 9.73. The highest BCUT2D eigenvalue weighted by Crippen LogP contribution is 2.36. The summed E-state index contributed by atoms with van der Waals surface area (Å²) in [6.45, 7) is 0.874. The molecule has 0 amide bonds. The largest absolute Gasteiger partial charge is 0.393 e. The Bertz CT molecular complexity index is 364. The van der Waals surface area contributed by atoms with Gasteiger partial charge in [-0.1, -0.05) is 0 Å². The van der Waals surface area contributed by atoms with E-state index in [4.69, 9.17) is 0 Å². The number of aromatic nitrogens is 3. The molecule has 0 spiro atoms. The molecule has 3 heterocycles. The number of hydrogen-bond donors (Lipinski definition) is 1. The molecule has 2 unspecified atom stereocenters. The zero-order valence-electron chi connectivity index (χ0n) is 9.58. The number of piperidine rings is 1. The maximum Gasteiger partial charge on any atom is 0.140 e. The second-order valence-corrected chi connectivity index (χ2v) is 4.98. The van der Waals surface area contributed by atoms with E-state index in [1.807, 2.05) is 11.7 Å². The Balaban J connectivity index is 1.75. The Hall–Kier alpha value is -0.940. The highest BCUT2D eigenvalue weighted by Gasteiger charge is 2.40. The van der Waals surface area contributed by atoms with Gasteiger partial charge in [-0.05, 0) is 25.7 Å². The summed E-state index contributed by atoms with van der Waals surface area (Å²) < 4.78 is 1.84. The predicted octanol–water partition coefficient (Wildman–Crippen LogP) is 0.303. The molecule has 0 radical (unpaired) electrons. The topological polar surface area (TPSA) is 54.2 Å². The summed E-state index contributed by atoms with van der Waals surface area (Å²) in [5, 5.41) is 13.8. The molecule has 2 aliphatic heterocycles. The van der Waals surface area contributed by atoms with Gasteiger partial charge < -0.3 is 5.11 Å². The Kier molecular flexibility index (Phi) is 2.44. The van der Waals surface area contributed by atoms with Crippen LogP contribution >= 0.6 is 0 Å². The third-order valence-corrected chi connectivity index (χ3v) is 3.99. The lowest BCUT2D eigenvalue weighted by molar-refractivity contribution is 0.0291. The van der Waals surface area contributed by atoms with Crippen LogP contribution in [-0.4, -0.2) is 43.0 Å². The van der Waals surface area contributed by atoms with Crippen LogP contribution in [0.3, 0.4) is 0 Å². The van der Waals surface area contributed by atoms with Crippen molar-refractivity contribution in [3.63, 3.8) is 0 Å². The molecule has 1 N–H and O–H groups in total. The van der Waals surface area contributed by atoms with Gasteiger partial charge >= 0.3 is 0 Å². The molecule has 0 aliphatic carbocycles. The summed E-state index contributed by atoms with van der Waals surface area (Å²) in [5.41, 5.74) is 0. The summed E-state index contributed by atoms with van der Waals surface area (Å²) in [6.07, 6.45) is 5.81. The predicted molar refractivity (Wildman–Crippen MR) is 58.6 cm³/mol. The molecular weight excluding hydrogens is 204 g/mol. The van der Waals surface area contributed by atoms with Crippen molar-refractivity contribution < 1.29 is 5.11 Å². The molecular formula is C11H18N4O. The number of aryl methyl sites for hydroxylation is 1. The van der Waals surface area contributed by atoms with Crippen LogP contribution in [0.15, 0.2) is 6.33 Å². The highest BCUT2D eigenvalue weighted by atomic mass is 16.3. The van der Waals surface area contributed by atoms with Crippen LogP contribution in [0.25, 0.3) is 0 Å². The van der Waals surface area contributed by atoms with Gasteiger partial charge in [0.1, 0.15) is 12.2 Å². The summed E-state index contributed by atoms with van der Waals surface area (Å²) >= 11 is 0. The van der Waals surface area contributed by atoms with E-state index >= 15 is 0 Å². The van der Waals surface area contributed by atoms with E-state index < -0.39 is 0 Å². The molecule has 5 heteroatoms. The molecule has 2 fully saturated rings. The minimum atomic E-state index is -0.0896. The molecule has 5 nitrogen and oxygen atoms in total. The fourth-order valence-corrected chi connectivity index (χ4v) is 3.13. The van der Waals surface area contributed by atoms with E-state index in [1.165, 1.54) is 12.8 Å².